The zero-order valence-corrected chi connectivity index (χ0v) is 8.31. The predicted molar refractivity (Wildman–Crippen MR) is 53.3 cm³/mol. The van der Waals surface area contributed by atoms with Gasteiger partial charge in [-0.05, 0) is 0 Å². The molecule has 0 radical (unpaired) electrons. The second-order valence-electron chi connectivity index (χ2n) is 3.24. The second-order valence-corrected chi connectivity index (χ2v) is 3.24. The van der Waals surface area contributed by atoms with Crippen LogP contribution in [0.5, 0.6) is 0 Å². The quantitative estimate of drug-likeness (QED) is 0.741. The standard InChI is InChI=1S/C9H13N5/c1-13-4-3-11-9(13)8-7(5-10)6-14(2)12-8/h3-4,6H,5,10H2,1-2H3. The smallest absolute Gasteiger partial charge is 0.160 e. The van der Waals surface area contributed by atoms with Crippen molar-refractivity contribution in [2.75, 3.05) is 0 Å². The Morgan fingerprint density at radius 3 is 2.79 bits per heavy atom. The molecule has 14 heavy (non-hydrogen) atoms. The van der Waals surface area contributed by atoms with Crippen LogP contribution < -0.4 is 5.73 Å². The van der Waals surface area contributed by atoms with Crippen molar-refractivity contribution in [3.05, 3.63) is 24.2 Å². The highest BCUT2D eigenvalue weighted by Crippen LogP contribution is 2.18. The zero-order chi connectivity index (χ0) is 10.1. The van der Waals surface area contributed by atoms with Gasteiger partial charge < -0.3 is 10.3 Å². The van der Waals surface area contributed by atoms with Gasteiger partial charge in [-0.3, -0.25) is 4.68 Å². The second kappa shape index (κ2) is 3.26. The van der Waals surface area contributed by atoms with Crippen LogP contribution in [-0.2, 0) is 20.6 Å². The number of nitrogens with zero attached hydrogens (tertiary/aromatic N) is 4. The fourth-order valence-electron chi connectivity index (χ4n) is 1.47. The molecular weight excluding hydrogens is 178 g/mol. The monoisotopic (exact) mass is 191 g/mol. The summed E-state index contributed by atoms with van der Waals surface area (Å²) in [6.45, 7) is 0.482. The lowest BCUT2D eigenvalue weighted by atomic mass is 10.2. The Bertz CT molecular complexity index is 440. The van der Waals surface area contributed by atoms with Gasteiger partial charge in [0.15, 0.2) is 5.82 Å². The van der Waals surface area contributed by atoms with Crippen molar-refractivity contribution in [2.45, 2.75) is 6.54 Å². The van der Waals surface area contributed by atoms with Gasteiger partial charge in [0, 0.05) is 44.8 Å². The number of rotatable bonds is 2. The molecule has 0 amide bonds. The molecule has 2 rings (SSSR count). The highest BCUT2D eigenvalue weighted by atomic mass is 15.3. The van der Waals surface area contributed by atoms with Gasteiger partial charge in [0.2, 0.25) is 0 Å². The molecule has 2 aromatic heterocycles. The van der Waals surface area contributed by atoms with Gasteiger partial charge in [-0.15, -0.1) is 0 Å². The van der Waals surface area contributed by atoms with E-state index in [2.05, 4.69) is 10.1 Å². The van der Waals surface area contributed by atoms with E-state index >= 15 is 0 Å². The molecule has 5 heteroatoms. The molecule has 0 spiro atoms. The van der Waals surface area contributed by atoms with Crippen LogP contribution in [-0.4, -0.2) is 19.3 Å². The number of aromatic nitrogens is 4. The minimum absolute atomic E-state index is 0.482. The Balaban J connectivity index is 2.55. The van der Waals surface area contributed by atoms with Crippen molar-refractivity contribution in [3.8, 4) is 11.5 Å². The molecule has 0 atom stereocenters. The van der Waals surface area contributed by atoms with Crippen LogP contribution >= 0.6 is 0 Å². The molecular formula is C9H13N5. The average Bonchev–Trinajstić information content (AvgIpc) is 2.71. The minimum atomic E-state index is 0.482. The summed E-state index contributed by atoms with van der Waals surface area (Å²) in [5, 5.41) is 4.34. The fraction of sp³-hybridized carbons (Fsp3) is 0.333. The molecule has 0 aliphatic carbocycles. The Morgan fingerprint density at radius 2 is 2.21 bits per heavy atom. The van der Waals surface area contributed by atoms with Crippen molar-refractivity contribution in [1.29, 1.82) is 0 Å². The molecule has 0 bridgehead atoms. The third-order valence-electron chi connectivity index (χ3n) is 2.16. The Hall–Kier alpha value is -1.62. The van der Waals surface area contributed by atoms with Crippen LogP contribution in [0.3, 0.4) is 0 Å². The van der Waals surface area contributed by atoms with Crippen molar-refractivity contribution in [1.82, 2.24) is 19.3 Å². The van der Waals surface area contributed by atoms with Crippen molar-refractivity contribution in [2.24, 2.45) is 19.8 Å². The van der Waals surface area contributed by atoms with Gasteiger partial charge in [0.1, 0.15) is 5.69 Å². The molecule has 2 aromatic rings. The first-order valence-corrected chi connectivity index (χ1v) is 4.42. The van der Waals surface area contributed by atoms with E-state index in [1.54, 1.807) is 10.9 Å². The highest BCUT2D eigenvalue weighted by Gasteiger charge is 2.12. The van der Waals surface area contributed by atoms with Crippen LogP contribution in [0.2, 0.25) is 0 Å². The van der Waals surface area contributed by atoms with Crippen molar-refractivity contribution >= 4 is 0 Å². The summed E-state index contributed by atoms with van der Waals surface area (Å²) >= 11 is 0. The van der Waals surface area contributed by atoms with Gasteiger partial charge in [-0.25, -0.2) is 4.98 Å². The summed E-state index contributed by atoms with van der Waals surface area (Å²) in [6, 6.07) is 0. The SMILES string of the molecule is Cn1cc(CN)c(-c2nccn2C)n1. The lowest BCUT2D eigenvalue weighted by Gasteiger charge is -1.99. The molecule has 5 nitrogen and oxygen atoms in total. The number of hydrogen-bond acceptors (Lipinski definition) is 3. The fourth-order valence-corrected chi connectivity index (χ4v) is 1.47. The van der Waals surface area contributed by atoms with E-state index in [-0.39, 0.29) is 0 Å². The van der Waals surface area contributed by atoms with Gasteiger partial charge in [-0.1, -0.05) is 0 Å². The van der Waals surface area contributed by atoms with Crippen molar-refractivity contribution < 1.29 is 0 Å². The Labute approximate surface area is 82.2 Å². The first kappa shape index (κ1) is 8.96. The van der Waals surface area contributed by atoms with E-state index < -0.39 is 0 Å². The molecule has 74 valence electrons. The van der Waals surface area contributed by atoms with Crippen LogP contribution in [0.25, 0.3) is 11.5 Å². The molecule has 0 unspecified atom stereocenters. The molecule has 0 saturated carbocycles. The maximum atomic E-state index is 5.63. The van der Waals surface area contributed by atoms with E-state index in [1.165, 1.54) is 0 Å². The molecule has 2 heterocycles. The first-order chi connectivity index (χ1) is 6.72. The summed E-state index contributed by atoms with van der Waals surface area (Å²) in [5.74, 6) is 0.853. The van der Waals surface area contributed by atoms with E-state index in [0.717, 1.165) is 17.1 Å². The number of nitrogens with two attached hydrogens (primary N) is 1. The summed E-state index contributed by atoms with van der Waals surface area (Å²) in [5.41, 5.74) is 7.51. The molecule has 2 N–H and O–H groups in total. The van der Waals surface area contributed by atoms with Gasteiger partial charge >= 0.3 is 0 Å². The first-order valence-electron chi connectivity index (χ1n) is 4.42. The summed E-state index contributed by atoms with van der Waals surface area (Å²) < 4.78 is 3.69. The van der Waals surface area contributed by atoms with E-state index in [9.17, 15) is 0 Å². The third kappa shape index (κ3) is 1.31. The highest BCUT2D eigenvalue weighted by molar-refractivity contribution is 5.54. The normalized spacial score (nSPS) is 10.8. The van der Waals surface area contributed by atoms with Crippen LogP contribution in [0.15, 0.2) is 18.6 Å². The maximum absolute atomic E-state index is 5.63. The van der Waals surface area contributed by atoms with E-state index in [0.29, 0.717) is 6.54 Å². The van der Waals surface area contributed by atoms with Gasteiger partial charge in [-0.2, -0.15) is 5.10 Å². The number of aryl methyl sites for hydroxylation is 2. The predicted octanol–water partition coefficient (Wildman–Crippen LogP) is 0.279. The lowest BCUT2D eigenvalue weighted by Crippen LogP contribution is -1.99. The largest absolute Gasteiger partial charge is 0.333 e. The minimum Gasteiger partial charge on any atom is -0.333 e. The maximum Gasteiger partial charge on any atom is 0.160 e. The molecule has 0 fully saturated rings. The van der Waals surface area contributed by atoms with Crippen LogP contribution in [0, 0.1) is 0 Å². The average molecular weight is 191 g/mol. The number of imidazole rings is 1. The summed E-state index contributed by atoms with van der Waals surface area (Å²) in [4.78, 5) is 4.24. The molecule has 0 aliphatic heterocycles. The van der Waals surface area contributed by atoms with Gasteiger partial charge in [0.05, 0.1) is 0 Å². The molecule has 0 saturated heterocycles. The molecule has 0 aromatic carbocycles. The van der Waals surface area contributed by atoms with E-state index in [1.807, 2.05) is 31.1 Å². The van der Waals surface area contributed by atoms with Crippen LogP contribution in [0.1, 0.15) is 5.56 Å². The lowest BCUT2D eigenvalue weighted by molar-refractivity contribution is 0.764. The summed E-state index contributed by atoms with van der Waals surface area (Å²) in [7, 11) is 3.82. The zero-order valence-electron chi connectivity index (χ0n) is 8.31. The van der Waals surface area contributed by atoms with Gasteiger partial charge in [0.25, 0.3) is 0 Å². The third-order valence-corrected chi connectivity index (χ3v) is 2.16. The van der Waals surface area contributed by atoms with E-state index in [4.69, 9.17) is 5.73 Å². The van der Waals surface area contributed by atoms with Crippen LogP contribution in [0.4, 0.5) is 0 Å². The topological polar surface area (TPSA) is 61.7 Å². The Kier molecular flexibility index (Phi) is 2.09. The van der Waals surface area contributed by atoms with Crippen molar-refractivity contribution in [3.63, 3.8) is 0 Å². The molecule has 0 aliphatic rings. The Morgan fingerprint density at radius 1 is 1.43 bits per heavy atom. The number of hydrogen-bond donors (Lipinski definition) is 1. The summed E-state index contributed by atoms with van der Waals surface area (Å²) in [6.07, 6.45) is 5.57.